The summed E-state index contributed by atoms with van der Waals surface area (Å²) in [4.78, 5) is 13.5. The molecule has 0 saturated heterocycles. The molecule has 21 heavy (non-hydrogen) atoms. The van der Waals surface area contributed by atoms with E-state index >= 15 is 0 Å². The second-order valence-corrected chi connectivity index (χ2v) is 5.96. The number of carboxylic acids is 1. The first kappa shape index (κ1) is 14.8. The third-order valence-electron chi connectivity index (χ3n) is 2.77. The van der Waals surface area contributed by atoms with Gasteiger partial charge in [0.2, 0.25) is 0 Å². The van der Waals surface area contributed by atoms with Crippen LogP contribution in [-0.2, 0) is 10.0 Å². The molecule has 1 aromatic carbocycles. The lowest BCUT2D eigenvalue weighted by molar-refractivity contribution is -0.377. The number of H-pyrrole nitrogens is 1. The predicted molar refractivity (Wildman–Crippen MR) is 71.4 cm³/mol. The number of hydrogen-bond donors (Lipinski definition) is 2. The van der Waals surface area contributed by atoms with Gasteiger partial charge in [-0.1, -0.05) is 11.8 Å². The van der Waals surface area contributed by atoms with E-state index in [1.54, 1.807) is 0 Å². The van der Waals surface area contributed by atoms with Crippen molar-refractivity contribution in [3.63, 3.8) is 0 Å². The first-order valence-electron chi connectivity index (χ1n) is 5.85. The Morgan fingerprint density at radius 3 is 2.48 bits per heavy atom. The molecule has 8 heteroatoms. The highest BCUT2D eigenvalue weighted by Crippen LogP contribution is 2.25. The van der Waals surface area contributed by atoms with E-state index in [9.17, 15) is 18.3 Å². The molecule has 110 valence electrons. The van der Waals surface area contributed by atoms with E-state index in [1.165, 1.54) is 31.5 Å². The minimum Gasteiger partial charge on any atom is -0.872 e. The van der Waals surface area contributed by atoms with Gasteiger partial charge in [0.05, 0.1) is 16.1 Å². The van der Waals surface area contributed by atoms with Crippen molar-refractivity contribution in [3.8, 4) is 5.75 Å². The largest absolute Gasteiger partial charge is 0.872 e. The van der Waals surface area contributed by atoms with Crippen molar-refractivity contribution in [3.05, 3.63) is 47.8 Å². The molecule has 0 saturated carbocycles. The maximum absolute atomic E-state index is 12.3. The molecule has 0 aliphatic heterocycles. The van der Waals surface area contributed by atoms with Gasteiger partial charge in [-0.3, -0.25) is 4.72 Å². The van der Waals surface area contributed by atoms with E-state index in [0.717, 1.165) is 12.1 Å². The molecule has 0 fully saturated rings. The van der Waals surface area contributed by atoms with Gasteiger partial charge >= 0.3 is 5.97 Å². The van der Waals surface area contributed by atoms with Crippen molar-refractivity contribution < 1.29 is 28.4 Å². The number of carbonyl (C=O) groups is 1. The smallest absolute Gasteiger partial charge is 0.335 e. The summed E-state index contributed by atoms with van der Waals surface area (Å²) in [6.07, 6.45) is 3.07. The van der Waals surface area contributed by atoms with Gasteiger partial charge in [0.1, 0.15) is 0 Å². The van der Waals surface area contributed by atoms with Gasteiger partial charge in [-0.05, 0) is 18.6 Å². The van der Waals surface area contributed by atoms with Crippen molar-refractivity contribution in [2.45, 2.75) is 11.8 Å². The Bertz CT molecular complexity index is 788. The zero-order chi connectivity index (χ0) is 15.6. The Labute approximate surface area is 120 Å². The molecule has 0 spiro atoms. The minimum atomic E-state index is -3.98. The molecule has 0 aliphatic carbocycles. The number of rotatable bonds is 4. The molecule has 1 heterocycles. The average Bonchev–Trinajstić information content (AvgIpc) is 2.38. The lowest BCUT2D eigenvalue weighted by Gasteiger charge is -2.15. The second-order valence-electron chi connectivity index (χ2n) is 4.31. The Morgan fingerprint density at radius 2 is 1.90 bits per heavy atom. The van der Waals surface area contributed by atoms with Crippen LogP contribution in [0.25, 0.3) is 0 Å². The molecule has 7 nitrogen and oxygen atoms in total. The first-order chi connectivity index (χ1) is 9.81. The van der Waals surface area contributed by atoms with Crippen molar-refractivity contribution in [1.29, 1.82) is 0 Å². The van der Waals surface area contributed by atoms with Crippen molar-refractivity contribution >= 4 is 21.7 Å². The standard InChI is InChI=1S/C13H12N2O5S/c1-8-6-11(16)10(13(17)18)7-12(8)21(19,20)15-9-2-4-14-5-3-9/h2-7,16H,1H3,(H,14,15)(H,17,18). The molecule has 0 amide bonds. The average molecular weight is 308 g/mol. The van der Waals surface area contributed by atoms with Gasteiger partial charge in [-0.2, -0.15) is 0 Å². The maximum Gasteiger partial charge on any atom is 0.335 e. The normalized spacial score (nSPS) is 11.1. The van der Waals surface area contributed by atoms with E-state index < -0.39 is 27.3 Å². The topological polar surface area (TPSA) is 121 Å². The van der Waals surface area contributed by atoms with E-state index in [-0.39, 0.29) is 10.5 Å². The van der Waals surface area contributed by atoms with Crippen LogP contribution < -0.4 is 14.8 Å². The molecule has 0 aliphatic rings. The number of anilines is 1. The van der Waals surface area contributed by atoms with Gasteiger partial charge < -0.3 is 10.2 Å². The number of sulfonamides is 1. The molecule has 2 rings (SSSR count). The molecule has 0 bridgehead atoms. The van der Waals surface area contributed by atoms with Crippen LogP contribution in [0.1, 0.15) is 15.9 Å². The van der Waals surface area contributed by atoms with E-state index in [2.05, 4.69) is 9.71 Å². The Hall–Kier alpha value is -2.61. The van der Waals surface area contributed by atoms with E-state index in [1.807, 2.05) is 0 Å². The highest BCUT2D eigenvalue weighted by Gasteiger charge is 2.20. The lowest BCUT2D eigenvalue weighted by atomic mass is 10.1. The van der Waals surface area contributed by atoms with Gasteiger partial charge in [0, 0.05) is 12.1 Å². The summed E-state index contributed by atoms with van der Waals surface area (Å²) in [5.74, 6) is -2.20. The predicted octanol–water partition coefficient (Wildman–Crippen LogP) is 0.382. The van der Waals surface area contributed by atoms with Gasteiger partial charge in [0.25, 0.3) is 10.0 Å². The molecular weight excluding hydrogens is 296 g/mol. The summed E-state index contributed by atoms with van der Waals surface area (Å²) in [7, 11) is -3.98. The summed E-state index contributed by atoms with van der Waals surface area (Å²) >= 11 is 0. The van der Waals surface area contributed by atoms with Crippen LogP contribution in [0.3, 0.4) is 0 Å². The number of aromatic carboxylic acids is 1. The Balaban J connectivity index is 2.50. The fraction of sp³-hybridized carbons (Fsp3) is 0.0769. The number of carboxylic acid groups (broad SMARTS) is 1. The van der Waals surface area contributed by atoms with Crippen molar-refractivity contribution in [2.24, 2.45) is 0 Å². The van der Waals surface area contributed by atoms with Crippen LogP contribution in [0, 0.1) is 6.92 Å². The van der Waals surface area contributed by atoms with Crippen LogP contribution in [0.5, 0.6) is 5.75 Å². The highest BCUT2D eigenvalue weighted by molar-refractivity contribution is 7.92. The van der Waals surface area contributed by atoms with Gasteiger partial charge in [-0.25, -0.2) is 18.2 Å². The molecule has 0 radical (unpaired) electrons. The molecule has 0 atom stereocenters. The highest BCUT2D eigenvalue weighted by atomic mass is 32.2. The number of aromatic amines is 1. The van der Waals surface area contributed by atoms with Crippen LogP contribution in [0.15, 0.2) is 41.6 Å². The summed E-state index contributed by atoms with van der Waals surface area (Å²) in [5, 5.41) is 20.4. The SMILES string of the molecule is Cc1cc([O-])c(C(=O)O)cc1S(=O)(=O)Nc1cc[nH+]cc1. The number of aromatic nitrogens is 1. The van der Waals surface area contributed by atoms with E-state index in [4.69, 9.17) is 5.11 Å². The quantitative estimate of drug-likeness (QED) is 0.846. The maximum atomic E-state index is 12.3. The van der Waals surface area contributed by atoms with Crippen LogP contribution in [-0.4, -0.2) is 19.5 Å². The summed E-state index contributed by atoms with van der Waals surface area (Å²) < 4.78 is 26.9. The number of benzene rings is 1. The summed E-state index contributed by atoms with van der Waals surface area (Å²) in [6.45, 7) is 1.43. The monoisotopic (exact) mass is 308 g/mol. The number of aryl methyl sites for hydroxylation is 1. The fourth-order valence-corrected chi connectivity index (χ4v) is 3.10. The zero-order valence-electron chi connectivity index (χ0n) is 11.0. The third-order valence-corrected chi connectivity index (χ3v) is 4.29. The van der Waals surface area contributed by atoms with Crippen LogP contribution in [0.4, 0.5) is 5.69 Å². The zero-order valence-corrected chi connectivity index (χ0v) is 11.8. The summed E-state index contributed by atoms with van der Waals surface area (Å²) in [5.41, 5.74) is -0.0846. The first-order valence-corrected chi connectivity index (χ1v) is 7.33. The molecule has 1 aromatic heterocycles. The second kappa shape index (κ2) is 5.41. The van der Waals surface area contributed by atoms with E-state index in [0.29, 0.717) is 5.69 Å². The number of nitrogens with one attached hydrogen (secondary N) is 2. The summed E-state index contributed by atoms with van der Waals surface area (Å²) in [6, 6.07) is 4.88. The Kier molecular flexibility index (Phi) is 3.81. The van der Waals surface area contributed by atoms with Crippen LogP contribution >= 0.6 is 0 Å². The minimum absolute atomic E-state index is 0.181. The number of hydrogen-bond acceptors (Lipinski definition) is 4. The van der Waals surface area contributed by atoms with Gasteiger partial charge in [-0.15, -0.1) is 0 Å². The van der Waals surface area contributed by atoms with Gasteiger partial charge in [0.15, 0.2) is 12.4 Å². The number of pyridine rings is 1. The van der Waals surface area contributed by atoms with Crippen LogP contribution in [0.2, 0.25) is 0 Å². The molecule has 3 N–H and O–H groups in total. The van der Waals surface area contributed by atoms with Crippen molar-refractivity contribution in [2.75, 3.05) is 4.72 Å². The molecular formula is C13H12N2O5S. The fourth-order valence-electron chi connectivity index (χ4n) is 1.78. The molecule has 0 unspecified atom stereocenters. The molecule has 2 aromatic rings. The lowest BCUT2D eigenvalue weighted by Crippen LogP contribution is -2.16. The Morgan fingerprint density at radius 1 is 1.29 bits per heavy atom. The van der Waals surface area contributed by atoms with Crippen molar-refractivity contribution in [1.82, 2.24) is 0 Å². The third kappa shape index (κ3) is 3.11.